The number of nitrogens with one attached hydrogen (secondary N) is 2. The van der Waals surface area contributed by atoms with Gasteiger partial charge in [-0.1, -0.05) is 0 Å². The molecule has 1 aliphatic rings. The molecule has 0 spiro atoms. The van der Waals surface area contributed by atoms with Gasteiger partial charge >= 0.3 is 0 Å². The monoisotopic (exact) mass is 419 g/mol. The maximum absolute atomic E-state index is 13.4. The van der Waals surface area contributed by atoms with Gasteiger partial charge in [0.1, 0.15) is 5.82 Å². The van der Waals surface area contributed by atoms with E-state index in [-0.39, 0.29) is 22.4 Å². The SMILES string of the molecule is Cc1cc(S(=O)(=O)Nc2ccc(C(=O)NCC(C)N(C)C3CC3)cc2)ccc1F. The van der Waals surface area contributed by atoms with Gasteiger partial charge in [0, 0.05) is 29.9 Å². The third kappa shape index (κ3) is 5.33. The second kappa shape index (κ2) is 8.51. The van der Waals surface area contributed by atoms with Crippen molar-refractivity contribution in [1.82, 2.24) is 10.2 Å². The lowest BCUT2D eigenvalue weighted by molar-refractivity contribution is 0.0939. The largest absolute Gasteiger partial charge is 0.350 e. The molecule has 6 nitrogen and oxygen atoms in total. The first-order chi connectivity index (χ1) is 13.7. The third-order valence-electron chi connectivity index (χ3n) is 5.22. The number of carbonyl (C=O) groups is 1. The van der Waals surface area contributed by atoms with Crippen molar-refractivity contribution in [3.63, 3.8) is 0 Å². The highest BCUT2D eigenvalue weighted by atomic mass is 32.2. The Morgan fingerprint density at radius 2 is 1.86 bits per heavy atom. The topological polar surface area (TPSA) is 78.5 Å². The van der Waals surface area contributed by atoms with Gasteiger partial charge in [-0.05, 0) is 81.8 Å². The lowest BCUT2D eigenvalue weighted by Crippen LogP contribution is -2.41. The maximum Gasteiger partial charge on any atom is 0.261 e. The normalized spacial score (nSPS) is 15.2. The zero-order valence-corrected chi connectivity index (χ0v) is 17.6. The summed E-state index contributed by atoms with van der Waals surface area (Å²) in [5, 5.41) is 2.91. The zero-order chi connectivity index (χ0) is 21.2. The molecule has 2 aromatic carbocycles. The first-order valence-electron chi connectivity index (χ1n) is 9.56. The van der Waals surface area contributed by atoms with Crippen LogP contribution in [-0.4, -0.2) is 44.9 Å². The zero-order valence-electron chi connectivity index (χ0n) is 16.8. The fourth-order valence-corrected chi connectivity index (χ4v) is 4.16. The summed E-state index contributed by atoms with van der Waals surface area (Å²) < 4.78 is 40.8. The summed E-state index contributed by atoms with van der Waals surface area (Å²) in [5.41, 5.74) is 1.03. The van der Waals surface area contributed by atoms with Gasteiger partial charge in [-0.3, -0.25) is 14.4 Å². The quantitative estimate of drug-likeness (QED) is 0.689. The lowest BCUT2D eigenvalue weighted by Gasteiger charge is -2.24. The number of halogens is 1. The summed E-state index contributed by atoms with van der Waals surface area (Å²) in [4.78, 5) is 14.6. The van der Waals surface area contributed by atoms with Crippen molar-refractivity contribution in [3.05, 3.63) is 59.4 Å². The van der Waals surface area contributed by atoms with Crippen molar-refractivity contribution in [2.24, 2.45) is 0 Å². The van der Waals surface area contributed by atoms with Crippen LogP contribution in [-0.2, 0) is 10.0 Å². The number of likely N-dealkylation sites (N-methyl/N-ethyl adjacent to an activating group) is 1. The van der Waals surface area contributed by atoms with Crippen molar-refractivity contribution >= 4 is 21.6 Å². The van der Waals surface area contributed by atoms with Gasteiger partial charge in [0.25, 0.3) is 15.9 Å². The third-order valence-corrected chi connectivity index (χ3v) is 6.59. The highest BCUT2D eigenvalue weighted by Crippen LogP contribution is 2.26. The van der Waals surface area contributed by atoms with E-state index in [0.717, 1.165) is 6.07 Å². The summed E-state index contributed by atoms with van der Waals surface area (Å²) in [6.07, 6.45) is 2.42. The second-order valence-corrected chi connectivity index (χ2v) is 9.23. The minimum absolute atomic E-state index is 0.0213. The fourth-order valence-electron chi connectivity index (χ4n) is 3.02. The lowest BCUT2D eigenvalue weighted by atomic mass is 10.2. The summed E-state index contributed by atoms with van der Waals surface area (Å²) in [7, 11) is -1.77. The standard InChI is InChI=1S/C21H26FN3O3S/c1-14-12-19(10-11-20(14)22)29(27,28)24-17-6-4-16(5-7-17)21(26)23-13-15(2)25(3)18-8-9-18/h4-7,10-12,15,18,24H,8-9,13H2,1-3H3,(H,23,26). The van der Waals surface area contributed by atoms with Crippen molar-refractivity contribution in [3.8, 4) is 0 Å². The molecule has 1 aliphatic carbocycles. The number of hydrogen-bond donors (Lipinski definition) is 2. The van der Waals surface area contributed by atoms with E-state index < -0.39 is 15.8 Å². The van der Waals surface area contributed by atoms with E-state index in [9.17, 15) is 17.6 Å². The molecule has 1 fully saturated rings. The molecule has 1 amide bonds. The van der Waals surface area contributed by atoms with E-state index in [1.165, 1.54) is 44.0 Å². The number of aryl methyl sites for hydroxylation is 1. The van der Waals surface area contributed by atoms with Gasteiger partial charge in [-0.25, -0.2) is 12.8 Å². The van der Waals surface area contributed by atoms with Crippen LogP contribution >= 0.6 is 0 Å². The van der Waals surface area contributed by atoms with Crippen LogP contribution in [0.25, 0.3) is 0 Å². The fraction of sp³-hybridized carbons (Fsp3) is 0.381. The van der Waals surface area contributed by atoms with Crippen LogP contribution in [0.4, 0.5) is 10.1 Å². The van der Waals surface area contributed by atoms with Crippen LogP contribution in [0.15, 0.2) is 47.4 Å². The number of carbonyl (C=O) groups excluding carboxylic acids is 1. The first-order valence-corrected chi connectivity index (χ1v) is 11.0. The molecule has 156 valence electrons. The molecular weight excluding hydrogens is 393 g/mol. The van der Waals surface area contributed by atoms with Crippen LogP contribution < -0.4 is 10.0 Å². The summed E-state index contributed by atoms with van der Waals surface area (Å²) in [6, 6.07) is 10.7. The Balaban J connectivity index is 1.60. The molecule has 3 rings (SSSR count). The number of sulfonamides is 1. The van der Waals surface area contributed by atoms with Crippen LogP contribution in [0, 0.1) is 12.7 Å². The summed E-state index contributed by atoms with van der Waals surface area (Å²) in [5.74, 6) is -0.665. The Kier molecular flexibility index (Phi) is 6.24. The van der Waals surface area contributed by atoms with Gasteiger partial charge < -0.3 is 5.32 Å². The molecular formula is C21H26FN3O3S. The number of hydrogen-bond acceptors (Lipinski definition) is 4. The van der Waals surface area contributed by atoms with Gasteiger partial charge in [0.2, 0.25) is 0 Å². The van der Waals surface area contributed by atoms with E-state index in [0.29, 0.717) is 23.8 Å². The molecule has 29 heavy (non-hydrogen) atoms. The van der Waals surface area contributed by atoms with Gasteiger partial charge in [0.05, 0.1) is 4.90 Å². The van der Waals surface area contributed by atoms with E-state index in [4.69, 9.17) is 0 Å². The average molecular weight is 420 g/mol. The Morgan fingerprint density at radius 3 is 2.45 bits per heavy atom. The Bertz CT molecular complexity index is 989. The van der Waals surface area contributed by atoms with Crippen LogP contribution in [0.2, 0.25) is 0 Å². The van der Waals surface area contributed by atoms with Crippen molar-refractivity contribution in [1.29, 1.82) is 0 Å². The van der Waals surface area contributed by atoms with E-state index in [2.05, 4.69) is 28.9 Å². The van der Waals surface area contributed by atoms with Crippen molar-refractivity contribution < 1.29 is 17.6 Å². The van der Waals surface area contributed by atoms with Crippen LogP contribution in [0.5, 0.6) is 0 Å². The van der Waals surface area contributed by atoms with Gasteiger partial charge in [0.15, 0.2) is 0 Å². The van der Waals surface area contributed by atoms with E-state index >= 15 is 0 Å². The second-order valence-electron chi connectivity index (χ2n) is 7.55. The minimum Gasteiger partial charge on any atom is -0.350 e. The van der Waals surface area contributed by atoms with Gasteiger partial charge in [-0.2, -0.15) is 0 Å². The maximum atomic E-state index is 13.4. The van der Waals surface area contributed by atoms with Crippen molar-refractivity contribution in [2.75, 3.05) is 18.3 Å². The predicted molar refractivity (Wildman–Crippen MR) is 111 cm³/mol. The summed E-state index contributed by atoms with van der Waals surface area (Å²) in [6.45, 7) is 4.13. The summed E-state index contributed by atoms with van der Waals surface area (Å²) >= 11 is 0. The number of rotatable bonds is 8. The molecule has 0 aliphatic heterocycles. The molecule has 0 heterocycles. The first kappa shape index (κ1) is 21.3. The Hall–Kier alpha value is -2.45. The molecule has 2 aromatic rings. The Labute approximate surface area is 171 Å². The molecule has 1 saturated carbocycles. The van der Waals surface area contributed by atoms with Crippen LogP contribution in [0.1, 0.15) is 35.7 Å². The number of amides is 1. The smallest absolute Gasteiger partial charge is 0.261 e. The molecule has 1 atom stereocenters. The molecule has 0 bridgehead atoms. The minimum atomic E-state index is -3.84. The number of nitrogens with zero attached hydrogens (tertiary/aromatic N) is 1. The molecule has 0 aromatic heterocycles. The van der Waals surface area contributed by atoms with E-state index in [1.807, 2.05) is 0 Å². The van der Waals surface area contributed by atoms with E-state index in [1.54, 1.807) is 12.1 Å². The molecule has 1 unspecified atom stereocenters. The Morgan fingerprint density at radius 1 is 1.21 bits per heavy atom. The predicted octanol–water partition coefficient (Wildman–Crippen LogP) is 3.15. The van der Waals surface area contributed by atoms with Crippen LogP contribution in [0.3, 0.4) is 0 Å². The number of anilines is 1. The molecule has 2 N–H and O–H groups in total. The highest BCUT2D eigenvalue weighted by Gasteiger charge is 2.29. The molecule has 0 radical (unpaired) electrons. The van der Waals surface area contributed by atoms with Crippen molar-refractivity contribution in [2.45, 2.75) is 43.7 Å². The van der Waals surface area contributed by atoms with Gasteiger partial charge in [-0.15, -0.1) is 0 Å². The number of benzene rings is 2. The molecule has 0 saturated heterocycles. The molecule has 8 heteroatoms. The average Bonchev–Trinajstić information content (AvgIpc) is 3.52. The highest BCUT2D eigenvalue weighted by molar-refractivity contribution is 7.92.